The van der Waals surface area contributed by atoms with E-state index in [0.29, 0.717) is 12.6 Å². The lowest BCUT2D eigenvalue weighted by Gasteiger charge is -2.40. The van der Waals surface area contributed by atoms with Crippen molar-refractivity contribution in [1.29, 1.82) is 0 Å². The Morgan fingerprint density at radius 1 is 1.15 bits per heavy atom. The van der Waals surface area contributed by atoms with Gasteiger partial charge in [-0.25, -0.2) is 0 Å². The molecular weight excluding hydrogens is 344 g/mol. The molecule has 0 aromatic carbocycles. The number of amides is 1. The number of ether oxygens (including phenoxy) is 2. The fourth-order valence-corrected chi connectivity index (χ4v) is 4.75. The zero-order chi connectivity index (χ0) is 19.0. The van der Waals surface area contributed by atoms with Gasteiger partial charge in [0.05, 0.1) is 17.9 Å². The van der Waals surface area contributed by atoms with Crippen LogP contribution in [0.1, 0.15) is 61.5 Å². The Morgan fingerprint density at radius 2 is 1.85 bits per heavy atom. The molecule has 4 rings (SSSR count). The lowest BCUT2D eigenvalue weighted by molar-refractivity contribution is -0.00725. The molecule has 1 amide bonds. The van der Waals surface area contributed by atoms with Crippen LogP contribution in [0.3, 0.4) is 0 Å². The molecule has 3 aliphatic heterocycles. The number of carbonyl (C=O) groups is 1. The van der Waals surface area contributed by atoms with Crippen LogP contribution in [0.5, 0.6) is 0 Å². The number of rotatable bonds is 3. The first-order valence-electron chi connectivity index (χ1n) is 10.4. The zero-order valence-electron chi connectivity index (χ0n) is 16.8. The average molecular weight is 377 g/mol. The van der Waals surface area contributed by atoms with E-state index >= 15 is 0 Å². The van der Waals surface area contributed by atoms with Crippen LogP contribution in [0.15, 0.2) is 0 Å². The first kappa shape index (κ1) is 18.9. The van der Waals surface area contributed by atoms with Crippen molar-refractivity contribution in [3.8, 4) is 0 Å². The number of hydrogen-bond acceptors (Lipinski definition) is 5. The monoisotopic (exact) mass is 376 g/mol. The number of nitrogens with zero attached hydrogens (tertiary/aromatic N) is 4. The number of fused-ring (bicyclic) bond motifs is 1. The highest BCUT2D eigenvalue weighted by Gasteiger charge is 2.35. The van der Waals surface area contributed by atoms with Crippen LogP contribution >= 0.6 is 0 Å². The third kappa shape index (κ3) is 3.65. The molecule has 1 aromatic heterocycles. The average Bonchev–Trinajstić information content (AvgIpc) is 3.07. The molecule has 0 aliphatic carbocycles. The van der Waals surface area contributed by atoms with E-state index in [-0.39, 0.29) is 18.1 Å². The smallest absolute Gasteiger partial charge is 0.272 e. The molecule has 7 heteroatoms. The van der Waals surface area contributed by atoms with Crippen molar-refractivity contribution in [2.45, 2.75) is 64.8 Å². The summed E-state index contributed by atoms with van der Waals surface area (Å²) in [6.45, 7) is 12.1. The molecule has 2 saturated heterocycles. The Bertz CT molecular complexity index is 675. The van der Waals surface area contributed by atoms with E-state index < -0.39 is 0 Å². The summed E-state index contributed by atoms with van der Waals surface area (Å²) in [4.78, 5) is 18.0. The first-order valence-corrected chi connectivity index (χ1v) is 10.4. The molecule has 3 aliphatic rings. The van der Waals surface area contributed by atoms with Crippen molar-refractivity contribution < 1.29 is 14.3 Å². The molecule has 27 heavy (non-hydrogen) atoms. The maximum atomic E-state index is 13.4. The predicted molar refractivity (Wildman–Crippen MR) is 102 cm³/mol. The minimum Gasteiger partial charge on any atom is -0.381 e. The Hall–Kier alpha value is -1.44. The number of carbonyl (C=O) groups excluding carboxylic acids is 1. The summed E-state index contributed by atoms with van der Waals surface area (Å²) >= 11 is 0. The Balaban J connectivity index is 1.49. The van der Waals surface area contributed by atoms with Gasteiger partial charge in [-0.3, -0.25) is 14.4 Å². The molecule has 150 valence electrons. The van der Waals surface area contributed by atoms with E-state index in [1.807, 2.05) is 23.4 Å². The van der Waals surface area contributed by atoms with Gasteiger partial charge in [0.2, 0.25) is 0 Å². The topological polar surface area (TPSA) is 59.8 Å². The summed E-state index contributed by atoms with van der Waals surface area (Å²) < 4.78 is 13.3. The molecule has 0 radical (unpaired) electrons. The molecular formula is C20H32N4O3. The number of piperazine rings is 1. The van der Waals surface area contributed by atoms with Crippen LogP contribution in [0.25, 0.3) is 0 Å². The van der Waals surface area contributed by atoms with Gasteiger partial charge in [0, 0.05) is 64.0 Å². The normalized spacial score (nSPS) is 27.6. The molecule has 0 spiro atoms. The van der Waals surface area contributed by atoms with Gasteiger partial charge in [-0.1, -0.05) is 0 Å². The summed E-state index contributed by atoms with van der Waals surface area (Å²) in [7, 11) is 0. The SMILES string of the molecule is CCn1nc2c(c1C(=O)N1CCN(C3CCOCC3)CC1)C[C@H](C)O[C@@H]2C. The molecule has 0 saturated carbocycles. The van der Waals surface area contributed by atoms with Gasteiger partial charge in [0.15, 0.2) is 0 Å². The number of aryl methyl sites for hydroxylation is 1. The first-order chi connectivity index (χ1) is 13.1. The van der Waals surface area contributed by atoms with Gasteiger partial charge in [-0.15, -0.1) is 0 Å². The predicted octanol–water partition coefficient (Wildman–Crippen LogP) is 1.86. The third-order valence-electron chi connectivity index (χ3n) is 6.21. The van der Waals surface area contributed by atoms with Crippen LogP contribution in [0.2, 0.25) is 0 Å². The highest BCUT2D eigenvalue weighted by molar-refractivity contribution is 5.94. The van der Waals surface area contributed by atoms with E-state index in [9.17, 15) is 4.79 Å². The fraction of sp³-hybridized carbons (Fsp3) is 0.800. The quantitative estimate of drug-likeness (QED) is 0.806. The van der Waals surface area contributed by atoms with Crippen molar-refractivity contribution in [1.82, 2.24) is 19.6 Å². The maximum absolute atomic E-state index is 13.4. The van der Waals surface area contributed by atoms with E-state index in [1.54, 1.807) is 0 Å². The van der Waals surface area contributed by atoms with Crippen molar-refractivity contribution in [2.75, 3.05) is 39.4 Å². The standard InChI is InChI=1S/C20H32N4O3/c1-4-24-19(17-13-14(2)27-15(3)18(17)21-24)20(25)23-9-7-22(8-10-23)16-5-11-26-12-6-16/h14-16H,4-13H2,1-3H3/t14-,15+/m0/s1. The van der Waals surface area contributed by atoms with Crippen LogP contribution in [0, 0.1) is 0 Å². The van der Waals surface area contributed by atoms with Crippen LogP contribution < -0.4 is 0 Å². The lowest BCUT2D eigenvalue weighted by atomic mass is 9.99. The van der Waals surface area contributed by atoms with Gasteiger partial charge in [-0.05, 0) is 33.6 Å². The summed E-state index contributed by atoms with van der Waals surface area (Å²) in [5.74, 6) is 0.138. The Morgan fingerprint density at radius 3 is 2.52 bits per heavy atom. The Labute approximate surface area is 161 Å². The van der Waals surface area contributed by atoms with Crippen molar-refractivity contribution in [3.05, 3.63) is 17.0 Å². The minimum absolute atomic E-state index is 0.0477. The number of hydrogen-bond donors (Lipinski definition) is 0. The summed E-state index contributed by atoms with van der Waals surface area (Å²) in [6.07, 6.45) is 3.06. The molecule has 0 N–H and O–H groups in total. The van der Waals surface area contributed by atoms with E-state index in [0.717, 1.165) is 75.6 Å². The molecule has 2 atom stereocenters. The fourth-order valence-electron chi connectivity index (χ4n) is 4.75. The molecule has 0 bridgehead atoms. The second-order valence-corrected chi connectivity index (χ2v) is 7.99. The summed E-state index contributed by atoms with van der Waals surface area (Å²) in [6, 6.07) is 0.615. The van der Waals surface area contributed by atoms with Gasteiger partial charge in [-0.2, -0.15) is 5.10 Å². The van der Waals surface area contributed by atoms with E-state index in [2.05, 4.69) is 11.8 Å². The Kier molecular flexibility index (Phi) is 5.53. The number of aromatic nitrogens is 2. The molecule has 7 nitrogen and oxygen atoms in total. The van der Waals surface area contributed by atoms with Gasteiger partial charge in [0.1, 0.15) is 5.69 Å². The summed E-state index contributed by atoms with van der Waals surface area (Å²) in [5.41, 5.74) is 2.83. The maximum Gasteiger partial charge on any atom is 0.272 e. The van der Waals surface area contributed by atoms with Gasteiger partial charge in [0.25, 0.3) is 5.91 Å². The molecule has 1 aromatic rings. The van der Waals surface area contributed by atoms with E-state index in [4.69, 9.17) is 14.6 Å². The highest BCUT2D eigenvalue weighted by atomic mass is 16.5. The van der Waals surface area contributed by atoms with Crippen molar-refractivity contribution >= 4 is 5.91 Å². The van der Waals surface area contributed by atoms with Crippen LogP contribution in [-0.4, -0.2) is 77.0 Å². The van der Waals surface area contributed by atoms with Crippen LogP contribution in [0.4, 0.5) is 0 Å². The summed E-state index contributed by atoms with van der Waals surface area (Å²) in [5, 5.41) is 4.71. The molecule has 4 heterocycles. The van der Waals surface area contributed by atoms with Crippen molar-refractivity contribution in [3.63, 3.8) is 0 Å². The molecule has 2 fully saturated rings. The van der Waals surface area contributed by atoms with Gasteiger partial charge >= 0.3 is 0 Å². The van der Waals surface area contributed by atoms with E-state index in [1.165, 1.54) is 0 Å². The van der Waals surface area contributed by atoms with Gasteiger partial charge < -0.3 is 14.4 Å². The highest BCUT2D eigenvalue weighted by Crippen LogP contribution is 2.32. The second kappa shape index (κ2) is 7.89. The van der Waals surface area contributed by atoms with Crippen molar-refractivity contribution in [2.24, 2.45) is 0 Å². The minimum atomic E-state index is -0.0477. The zero-order valence-corrected chi connectivity index (χ0v) is 16.8. The second-order valence-electron chi connectivity index (χ2n) is 7.99. The third-order valence-corrected chi connectivity index (χ3v) is 6.21. The largest absolute Gasteiger partial charge is 0.381 e. The lowest BCUT2D eigenvalue weighted by Crippen LogP contribution is -2.53. The molecule has 0 unspecified atom stereocenters. The van der Waals surface area contributed by atoms with Crippen LogP contribution in [-0.2, 0) is 22.4 Å².